The summed E-state index contributed by atoms with van der Waals surface area (Å²) in [6.07, 6.45) is 9.21. The number of methoxy groups -OCH3 is 1. The minimum Gasteiger partial charge on any atom is -0.383 e. The van der Waals surface area contributed by atoms with E-state index in [1.807, 2.05) is 4.90 Å². The molecular weight excluding hydrogens is 334 g/mol. The van der Waals surface area contributed by atoms with Gasteiger partial charge in [-0.1, -0.05) is 24.5 Å². The van der Waals surface area contributed by atoms with Gasteiger partial charge in [-0.25, -0.2) is 4.68 Å². The molecule has 1 aromatic heterocycles. The second-order valence-corrected chi connectivity index (χ2v) is 7.25. The number of nitrogens with zero attached hydrogens (tertiary/aromatic N) is 4. The van der Waals surface area contributed by atoms with Gasteiger partial charge < -0.3 is 15.0 Å². The summed E-state index contributed by atoms with van der Waals surface area (Å²) in [5.74, 6) is 0.242. The zero-order valence-corrected chi connectivity index (χ0v) is 15.5. The molecule has 0 radical (unpaired) electrons. The van der Waals surface area contributed by atoms with E-state index in [0.717, 1.165) is 45.1 Å². The number of hydrogen-bond acceptors (Lipinski definition) is 5. The number of amides is 2. The Bertz CT molecular complexity index is 612. The summed E-state index contributed by atoms with van der Waals surface area (Å²) in [6.45, 7) is 2.38. The maximum Gasteiger partial charge on any atom is 0.273 e. The van der Waals surface area contributed by atoms with Gasteiger partial charge in [-0.15, -0.1) is 5.10 Å². The smallest absolute Gasteiger partial charge is 0.273 e. The molecule has 8 heteroatoms. The topological polar surface area (TPSA) is 89.4 Å². The van der Waals surface area contributed by atoms with Crippen molar-refractivity contribution in [2.75, 3.05) is 33.4 Å². The summed E-state index contributed by atoms with van der Waals surface area (Å²) < 4.78 is 6.66. The monoisotopic (exact) mass is 363 g/mol. The van der Waals surface area contributed by atoms with Gasteiger partial charge in [-0.05, 0) is 25.7 Å². The van der Waals surface area contributed by atoms with Gasteiger partial charge in [0.15, 0.2) is 5.69 Å². The maximum absolute atomic E-state index is 12.8. The van der Waals surface area contributed by atoms with Gasteiger partial charge in [-0.3, -0.25) is 9.59 Å². The molecule has 144 valence electrons. The molecule has 3 rings (SSSR count). The number of carbonyl (C=O) groups is 2. The Morgan fingerprint density at radius 3 is 2.81 bits per heavy atom. The van der Waals surface area contributed by atoms with Crippen molar-refractivity contribution >= 4 is 11.8 Å². The molecule has 0 aromatic carbocycles. The summed E-state index contributed by atoms with van der Waals surface area (Å²) in [6, 6.07) is 0.0873. The van der Waals surface area contributed by atoms with Crippen LogP contribution in [0.25, 0.3) is 0 Å². The van der Waals surface area contributed by atoms with Crippen LogP contribution in [0.2, 0.25) is 0 Å². The fraction of sp³-hybridized carbons (Fsp3) is 0.778. The molecule has 26 heavy (non-hydrogen) atoms. The van der Waals surface area contributed by atoms with E-state index in [1.165, 1.54) is 6.42 Å². The van der Waals surface area contributed by atoms with Gasteiger partial charge in [0.1, 0.15) is 0 Å². The third-order valence-electron chi connectivity index (χ3n) is 5.37. The van der Waals surface area contributed by atoms with Crippen LogP contribution in [0.5, 0.6) is 0 Å². The summed E-state index contributed by atoms with van der Waals surface area (Å²) in [4.78, 5) is 26.8. The zero-order valence-electron chi connectivity index (χ0n) is 15.5. The number of ether oxygens (including phenoxy) is 1. The summed E-state index contributed by atoms with van der Waals surface area (Å²) in [7, 11) is 1.59. The average molecular weight is 363 g/mol. The lowest BCUT2D eigenvalue weighted by Gasteiger charge is -2.35. The van der Waals surface area contributed by atoms with Crippen molar-refractivity contribution in [1.82, 2.24) is 25.2 Å². The molecule has 0 spiro atoms. The maximum atomic E-state index is 12.8. The number of nitrogens with one attached hydrogen (secondary N) is 1. The molecular formula is C18H29N5O3. The Morgan fingerprint density at radius 2 is 2.04 bits per heavy atom. The molecule has 1 saturated carbocycles. The minimum atomic E-state index is -0.251. The van der Waals surface area contributed by atoms with Crippen LogP contribution in [0, 0.1) is 5.92 Å². The van der Waals surface area contributed by atoms with Gasteiger partial charge >= 0.3 is 0 Å². The first-order chi connectivity index (χ1) is 12.7. The molecule has 8 nitrogen and oxygen atoms in total. The van der Waals surface area contributed by atoms with E-state index in [0.29, 0.717) is 31.3 Å². The predicted molar refractivity (Wildman–Crippen MR) is 95.7 cm³/mol. The van der Waals surface area contributed by atoms with E-state index in [4.69, 9.17) is 4.74 Å². The molecule has 2 amide bonds. The van der Waals surface area contributed by atoms with Crippen molar-refractivity contribution in [3.8, 4) is 0 Å². The lowest BCUT2D eigenvalue weighted by Crippen LogP contribution is -2.44. The highest BCUT2D eigenvalue weighted by Crippen LogP contribution is 2.28. The Labute approximate surface area is 154 Å². The van der Waals surface area contributed by atoms with Crippen molar-refractivity contribution in [1.29, 1.82) is 0 Å². The standard InChI is InChI=1S/C18H29N5O3/c1-26-11-9-19-17(24)16-13-23(21-20-16)15-8-5-10-22(12-15)18(25)14-6-3-2-4-7-14/h13-15H,2-12H2,1H3,(H,19,24)/t15-/m1/s1. The first kappa shape index (κ1) is 18.8. The molecule has 1 aromatic rings. The van der Waals surface area contributed by atoms with Crippen LogP contribution in [0.15, 0.2) is 6.20 Å². The Hall–Kier alpha value is -1.96. The highest BCUT2D eigenvalue weighted by Gasteiger charge is 2.31. The molecule has 0 bridgehead atoms. The number of aromatic nitrogens is 3. The first-order valence-electron chi connectivity index (χ1n) is 9.67. The highest BCUT2D eigenvalue weighted by atomic mass is 16.5. The van der Waals surface area contributed by atoms with Crippen LogP contribution in [-0.2, 0) is 9.53 Å². The fourth-order valence-electron chi connectivity index (χ4n) is 3.89. The van der Waals surface area contributed by atoms with Crippen LogP contribution in [-0.4, -0.2) is 65.1 Å². The second-order valence-electron chi connectivity index (χ2n) is 7.25. The zero-order chi connectivity index (χ0) is 18.4. The number of likely N-dealkylation sites (tertiary alicyclic amines) is 1. The van der Waals surface area contributed by atoms with E-state index in [2.05, 4.69) is 15.6 Å². The molecule has 2 heterocycles. The lowest BCUT2D eigenvalue weighted by atomic mass is 9.87. The van der Waals surface area contributed by atoms with Crippen molar-refractivity contribution < 1.29 is 14.3 Å². The van der Waals surface area contributed by atoms with E-state index in [9.17, 15) is 9.59 Å². The number of piperidine rings is 1. The summed E-state index contributed by atoms with van der Waals surface area (Å²) in [5.41, 5.74) is 0.303. The summed E-state index contributed by atoms with van der Waals surface area (Å²) in [5, 5.41) is 10.9. The third-order valence-corrected chi connectivity index (χ3v) is 5.37. The van der Waals surface area contributed by atoms with Crippen LogP contribution in [0.3, 0.4) is 0 Å². The van der Waals surface area contributed by atoms with Crippen LogP contribution in [0.1, 0.15) is 61.5 Å². The molecule has 1 saturated heterocycles. The van der Waals surface area contributed by atoms with Crippen molar-refractivity contribution in [2.24, 2.45) is 5.92 Å². The third kappa shape index (κ3) is 4.60. The SMILES string of the molecule is COCCNC(=O)c1cn([C@@H]2CCCN(C(=O)C3CCCCC3)C2)nn1. The van der Waals surface area contributed by atoms with Gasteiger partial charge in [0.25, 0.3) is 5.91 Å². The van der Waals surface area contributed by atoms with Gasteiger partial charge in [0.2, 0.25) is 5.91 Å². The minimum absolute atomic E-state index is 0.0873. The normalized spacial score (nSPS) is 21.6. The van der Waals surface area contributed by atoms with Crippen LogP contribution < -0.4 is 5.32 Å². The quantitative estimate of drug-likeness (QED) is 0.772. The van der Waals surface area contributed by atoms with E-state index >= 15 is 0 Å². The molecule has 1 N–H and O–H groups in total. The number of rotatable bonds is 6. The predicted octanol–water partition coefficient (Wildman–Crippen LogP) is 1.40. The Balaban J connectivity index is 1.57. The highest BCUT2D eigenvalue weighted by molar-refractivity contribution is 5.91. The van der Waals surface area contributed by atoms with Gasteiger partial charge in [-0.2, -0.15) is 0 Å². The van der Waals surface area contributed by atoms with Gasteiger partial charge in [0.05, 0.1) is 18.8 Å². The second kappa shape index (κ2) is 9.12. The number of carbonyl (C=O) groups excluding carboxylic acids is 2. The summed E-state index contributed by atoms with van der Waals surface area (Å²) >= 11 is 0. The molecule has 1 aliphatic carbocycles. The van der Waals surface area contributed by atoms with Crippen molar-refractivity contribution in [3.05, 3.63) is 11.9 Å². The molecule has 1 aliphatic heterocycles. The van der Waals surface area contributed by atoms with Gasteiger partial charge in [0, 0.05) is 32.7 Å². The van der Waals surface area contributed by atoms with Crippen molar-refractivity contribution in [2.45, 2.75) is 51.0 Å². The first-order valence-corrected chi connectivity index (χ1v) is 9.67. The molecule has 0 unspecified atom stereocenters. The van der Waals surface area contributed by atoms with Crippen LogP contribution in [0.4, 0.5) is 0 Å². The molecule has 2 aliphatic rings. The van der Waals surface area contributed by atoms with Crippen LogP contribution >= 0.6 is 0 Å². The lowest BCUT2D eigenvalue weighted by molar-refractivity contribution is -0.138. The average Bonchev–Trinajstić information content (AvgIpc) is 3.19. The molecule has 2 fully saturated rings. The largest absolute Gasteiger partial charge is 0.383 e. The number of hydrogen-bond donors (Lipinski definition) is 1. The van der Waals surface area contributed by atoms with E-state index in [1.54, 1.807) is 18.0 Å². The fourth-order valence-corrected chi connectivity index (χ4v) is 3.89. The Morgan fingerprint density at radius 1 is 1.23 bits per heavy atom. The van der Waals surface area contributed by atoms with E-state index in [-0.39, 0.29) is 17.9 Å². The van der Waals surface area contributed by atoms with E-state index < -0.39 is 0 Å². The van der Waals surface area contributed by atoms with Crippen molar-refractivity contribution in [3.63, 3.8) is 0 Å². The molecule has 1 atom stereocenters. The Kier molecular flexibility index (Phi) is 6.60.